The van der Waals surface area contributed by atoms with E-state index in [1.165, 1.54) is 18.2 Å². The van der Waals surface area contributed by atoms with Crippen molar-refractivity contribution in [2.24, 2.45) is 5.92 Å². The molecule has 0 aliphatic carbocycles. The van der Waals surface area contributed by atoms with Gasteiger partial charge in [0.15, 0.2) is 5.65 Å². The van der Waals surface area contributed by atoms with Gasteiger partial charge in [-0.2, -0.15) is 9.61 Å². The first kappa shape index (κ1) is 22.0. The minimum Gasteiger partial charge on any atom is -0.356 e. The number of anilines is 2. The predicted molar refractivity (Wildman–Crippen MR) is 128 cm³/mol. The number of aryl methyl sites for hydroxylation is 2. The van der Waals surface area contributed by atoms with E-state index in [2.05, 4.69) is 15.2 Å². The third-order valence-corrected chi connectivity index (χ3v) is 6.31. The highest BCUT2D eigenvalue weighted by molar-refractivity contribution is 5.92. The van der Waals surface area contributed by atoms with Crippen LogP contribution in [0.5, 0.6) is 0 Å². The van der Waals surface area contributed by atoms with Gasteiger partial charge in [0.25, 0.3) is 0 Å². The van der Waals surface area contributed by atoms with Crippen molar-refractivity contribution in [2.75, 3.05) is 23.3 Å². The van der Waals surface area contributed by atoms with Gasteiger partial charge in [-0.3, -0.25) is 4.79 Å². The van der Waals surface area contributed by atoms with Crippen molar-refractivity contribution >= 4 is 23.1 Å². The van der Waals surface area contributed by atoms with E-state index in [4.69, 9.17) is 5.10 Å². The first-order valence-corrected chi connectivity index (χ1v) is 11.3. The Morgan fingerprint density at radius 2 is 1.74 bits per heavy atom. The molecule has 174 valence electrons. The quantitative estimate of drug-likeness (QED) is 0.457. The Kier molecular flexibility index (Phi) is 5.73. The largest absolute Gasteiger partial charge is 0.356 e. The van der Waals surface area contributed by atoms with E-state index in [0.29, 0.717) is 37.2 Å². The second-order valence-electron chi connectivity index (χ2n) is 8.78. The predicted octanol–water partition coefficient (Wildman–Crippen LogP) is 5.15. The van der Waals surface area contributed by atoms with Gasteiger partial charge < -0.3 is 10.2 Å². The molecule has 3 heterocycles. The Labute approximate surface area is 196 Å². The Hall–Kier alpha value is -3.81. The lowest BCUT2D eigenvalue weighted by molar-refractivity contribution is -0.120. The van der Waals surface area contributed by atoms with Crippen LogP contribution in [0.15, 0.2) is 54.6 Å². The Bertz CT molecular complexity index is 1360. The van der Waals surface area contributed by atoms with E-state index in [0.717, 1.165) is 28.4 Å². The number of hydrogen-bond donors (Lipinski definition) is 1. The molecule has 4 aromatic rings. The van der Waals surface area contributed by atoms with Gasteiger partial charge in [0, 0.05) is 48.1 Å². The molecule has 0 spiro atoms. The molecule has 8 heteroatoms. The highest BCUT2D eigenvalue weighted by atomic mass is 19.1. The lowest BCUT2D eigenvalue weighted by atomic mass is 9.95. The van der Waals surface area contributed by atoms with E-state index >= 15 is 0 Å². The van der Waals surface area contributed by atoms with Crippen molar-refractivity contribution in [3.8, 4) is 11.3 Å². The number of carbonyl (C=O) groups excluding carboxylic acids is 1. The highest BCUT2D eigenvalue weighted by Gasteiger charge is 2.27. The number of carbonyl (C=O) groups is 1. The molecule has 2 aromatic carbocycles. The molecule has 0 radical (unpaired) electrons. The second-order valence-corrected chi connectivity index (χ2v) is 8.78. The molecule has 1 aliphatic heterocycles. The van der Waals surface area contributed by atoms with Crippen LogP contribution < -0.4 is 10.2 Å². The molecule has 0 bridgehead atoms. The molecule has 6 nitrogen and oxygen atoms in total. The smallest absolute Gasteiger partial charge is 0.227 e. The van der Waals surface area contributed by atoms with Gasteiger partial charge in [-0.05, 0) is 68.7 Å². The summed E-state index contributed by atoms with van der Waals surface area (Å²) >= 11 is 0. The number of nitrogens with one attached hydrogen (secondary N) is 1. The van der Waals surface area contributed by atoms with Crippen molar-refractivity contribution in [2.45, 2.75) is 26.7 Å². The Balaban J connectivity index is 1.32. The summed E-state index contributed by atoms with van der Waals surface area (Å²) in [5.41, 5.74) is 4.15. The summed E-state index contributed by atoms with van der Waals surface area (Å²) in [6.07, 6.45) is 1.35. The van der Waals surface area contributed by atoms with Crippen LogP contribution in [0.2, 0.25) is 0 Å². The molecular formula is C26H25F2N5O. The lowest BCUT2D eigenvalue weighted by Crippen LogP contribution is -2.39. The number of benzene rings is 2. The Morgan fingerprint density at radius 3 is 2.44 bits per heavy atom. The molecule has 1 amide bonds. The van der Waals surface area contributed by atoms with Crippen LogP contribution in [0.4, 0.5) is 20.3 Å². The minimum absolute atomic E-state index is 0.0864. The summed E-state index contributed by atoms with van der Waals surface area (Å²) in [5, 5.41) is 7.58. The highest BCUT2D eigenvalue weighted by Crippen LogP contribution is 2.28. The zero-order valence-corrected chi connectivity index (χ0v) is 19.1. The molecule has 2 aromatic heterocycles. The van der Waals surface area contributed by atoms with Gasteiger partial charge >= 0.3 is 0 Å². The summed E-state index contributed by atoms with van der Waals surface area (Å²) in [4.78, 5) is 19.6. The molecule has 0 unspecified atom stereocenters. The number of piperidine rings is 1. The second kappa shape index (κ2) is 8.85. The molecule has 0 atom stereocenters. The fourth-order valence-corrected chi connectivity index (χ4v) is 4.35. The molecule has 5 rings (SSSR count). The summed E-state index contributed by atoms with van der Waals surface area (Å²) < 4.78 is 28.9. The standard InChI is InChI=1S/C26H25F2N5O/c1-16-3-8-21(14-22(16)28)30-26(34)19-9-11-32(12-10-19)25-13-17(2)29-24-15-23(31-33(24)25)18-4-6-20(27)7-5-18/h3-8,13-15,19H,9-12H2,1-2H3,(H,30,34). The SMILES string of the molecule is Cc1cc(N2CCC(C(=O)Nc3ccc(C)c(F)c3)CC2)n2nc(-c3ccc(F)cc3)cc2n1. The summed E-state index contributed by atoms with van der Waals surface area (Å²) in [6, 6.07) is 14.9. The molecule has 0 saturated carbocycles. The van der Waals surface area contributed by atoms with Gasteiger partial charge in [0.05, 0.1) is 5.69 Å². The van der Waals surface area contributed by atoms with Crippen molar-refractivity contribution in [3.63, 3.8) is 0 Å². The molecule has 1 aliphatic rings. The number of aromatic nitrogens is 3. The number of amides is 1. The molecule has 1 saturated heterocycles. The third kappa shape index (κ3) is 4.35. The van der Waals surface area contributed by atoms with E-state index < -0.39 is 0 Å². The van der Waals surface area contributed by atoms with Gasteiger partial charge in [0.1, 0.15) is 17.5 Å². The molecule has 34 heavy (non-hydrogen) atoms. The van der Waals surface area contributed by atoms with Crippen molar-refractivity contribution < 1.29 is 13.6 Å². The summed E-state index contributed by atoms with van der Waals surface area (Å²) in [7, 11) is 0. The number of nitrogens with zero attached hydrogens (tertiary/aromatic N) is 4. The van der Waals surface area contributed by atoms with E-state index in [1.54, 1.807) is 35.7 Å². The van der Waals surface area contributed by atoms with Crippen molar-refractivity contribution in [1.29, 1.82) is 0 Å². The van der Waals surface area contributed by atoms with Crippen LogP contribution in [-0.2, 0) is 4.79 Å². The number of hydrogen-bond acceptors (Lipinski definition) is 4. The number of halogens is 2. The van der Waals surface area contributed by atoms with Gasteiger partial charge in [-0.1, -0.05) is 6.07 Å². The minimum atomic E-state index is -0.330. The maximum absolute atomic E-state index is 13.8. The Morgan fingerprint density at radius 1 is 1.00 bits per heavy atom. The van der Waals surface area contributed by atoms with Crippen LogP contribution in [-0.4, -0.2) is 33.6 Å². The molecule has 1 N–H and O–H groups in total. The maximum Gasteiger partial charge on any atom is 0.227 e. The maximum atomic E-state index is 13.8. The van der Waals surface area contributed by atoms with Gasteiger partial charge in [-0.25, -0.2) is 13.8 Å². The van der Waals surface area contributed by atoms with Crippen molar-refractivity contribution in [1.82, 2.24) is 14.6 Å². The summed E-state index contributed by atoms with van der Waals surface area (Å²) in [5.74, 6) is 0.0592. The number of fused-ring (bicyclic) bond motifs is 1. The van der Waals surface area contributed by atoms with E-state index in [1.807, 2.05) is 19.1 Å². The molecular weight excluding hydrogens is 436 g/mol. The molecule has 1 fully saturated rings. The monoisotopic (exact) mass is 461 g/mol. The lowest BCUT2D eigenvalue weighted by Gasteiger charge is -2.33. The van der Waals surface area contributed by atoms with Crippen LogP contribution in [0.25, 0.3) is 16.9 Å². The number of rotatable bonds is 4. The van der Waals surface area contributed by atoms with E-state index in [9.17, 15) is 13.6 Å². The summed E-state index contributed by atoms with van der Waals surface area (Å²) in [6.45, 7) is 5.00. The average Bonchev–Trinajstić information content (AvgIpc) is 3.25. The average molecular weight is 462 g/mol. The van der Waals surface area contributed by atoms with Crippen LogP contribution in [0, 0.1) is 31.4 Å². The first-order chi connectivity index (χ1) is 16.4. The van der Waals surface area contributed by atoms with Crippen LogP contribution >= 0.6 is 0 Å². The zero-order valence-electron chi connectivity index (χ0n) is 19.1. The fourth-order valence-electron chi connectivity index (χ4n) is 4.35. The van der Waals surface area contributed by atoms with Crippen molar-refractivity contribution in [3.05, 3.63) is 77.5 Å². The van der Waals surface area contributed by atoms with Gasteiger partial charge in [0.2, 0.25) is 5.91 Å². The normalized spacial score (nSPS) is 14.5. The third-order valence-electron chi connectivity index (χ3n) is 6.31. The topological polar surface area (TPSA) is 62.5 Å². The first-order valence-electron chi connectivity index (χ1n) is 11.3. The fraction of sp³-hybridized carbons (Fsp3) is 0.269. The van der Waals surface area contributed by atoms with Gasteiger partial charge in [-0.15, -0.1) is 0 Å². The van der Waals surface area contributed by atoms with Crippen LogP contribution in [0.1, 0.15) is 24.1 Å². The van der Waals surface area contributed by atoms with Crippen LogP contribution in [0.3, 0.4) is 0 Å². The van der Waals surface area contributed by atoms with E-state index in [-0.39, 0.29) is 23.5 Å². The zero-order chi connectivity index (χ0) is 23.8.